The molecule has 32 heavy (non-hydrogen) atoms. The lowest BCUT2D eigenvalue weighted by atomic mass is 10.1. The van der Waals surface area contributed by atoms with E-state index in [1.165, 1.54) is 18.2 Å². The third-order valence-corrected chi connectivity index (χ3v) is 5.83. The molecule has 0 aliphatic carbocycles. The molecule has 0 aromatic heterocycles. The number of aromatic hydroxyl groups is 1. The summed E-state index contributed by atoms with van der Waals surface area (Å²) in [5, 5.41) is 9.75. The van der Waals surface area contributed by atoms with Gasteiger partial charge in [0.2, 0.25) is 0 Å². The van der Waals surface area contributed by atoms with Crippen LogP contribution in [-0.4, -0.2) is 25.6 Å². The van der Waals surface area contributed by atoms with Crippen molar-refractivity contribution in [1.29, 1.82) is 0 Å². The Morgan fingerprint density at radius 3 is 2.50 bits per heavy atom. The van der Waals surface area contributed by atoms with E-state index < -0.39 is 55.1 Å². The number of hydrogen-bond acceptors (Lipinski definition) is 5. The van der Waals surface area contributed by atoms with Crippen molar-refractivity contribution >= 4 is 33.3 Å². The number of benzene rings is 2. The highest BCUT2D eigenvalue weighted by Crippen LogP contribution is 2.35. The SMILES string of the molecule is CC(C)OC(=O)c1cc(Cl)c(O)c(S(=O)(=O)Nc2cc(-c3cc#ccc3)c(F)cc2F)c1. The average Bonchev–Trinajstić information content (AvgIpc) is 2.71. The smallest absolute Gasteiger partial charge is 0.338 e. The minimum atomic E-state index is -4.65. The molecule has 10 heteroatoms. The van der Waals surface area contributed by atoms with Gasteiger partial charge in [-0.05, 0) is 55.8 Å². The van der Waals surface area contributed by atoms with Crippen LogP contribution in [0.3, 0.4) is 0 Å². The quantitative estimate of drug-likeness (QED) is 0.488. The molecule has 0 amide bonds. The molecule has 0 aliphatic rings. The molecule has 3 rings (SSSR count). The molecule has 166 valence electrons. The molecule has 2 N–H and O–H groups in total. The second-order valence-electron chi connectivity index (χ2n) is 6.90. The van der Waals surface area contributed by atoms with Crippen molar-refractivity contribution in [3.8, 4) is 16.9 Å². The van der Waals surface area contributed by atoms with Crippen molar-refractivity contribution in [3.05, 3.63) is 76.8 Å². The van der Waals surface area contributed by atoms with E-state index in [2.05, 4.69) is 12.1 Å². The topological polar surface area (TPSA) is 92.7 Å². The van der Waals surface area contributed by atoms with Crippen molar-refractivity contribution < 1.29 is 31.8 Å². The molecule has 0 fully saturated rings. The number of halogens is 3. The van der Waals surface area contributed by atoms with Crippen LogP contribution in [0.5, 0.6) is 5.75 Å². The number of phenolic OH excluding ortho intramolecular Hbond substituents is 1. The van der Waals surface area contributed by atoms with Gasteiger partial charge in [-0.25, -0.2) is 22.0 Å². The minimum Gasteiger partial charge on any atom is -0.505 e. The second-order valence-corrected chi connectivity index (χ2v) is 8.96. The highest BCUT2D eigenvalue weighted by Gasteiger charge is 2.26. The fourth-order valence-corrected chi connectivity index (χ4v) is 4.22. The van der Waals surface area contributed by atoms with E-state index in [0.29, 0.717) is 11.6 Å². The molecule has 0 saturated heterocycles. The summed E-state index contributed by atoms with van der Waals surface area (Å²) in [7, 11) is -4.65. The Balaban J connectivity index is 2.05. The number of anilines is 1. The van der Waals surface area contributed by atoms with E-state index in [0.717, 1.165) is 18.2 Å². The number of phenols is 1. The standard InChI is InChI=1S/C22H16ClF2NO5S/c1-12(2)31-22(28)14-8-16(23)21(27)20(9-14)32(29,30)26-19-10-15(17(24)11-18(19)25)13-6-4-3-5-7-13/h4,6-12,26-27H,1-2H3. The fraction of sp³-hybridized carbons (Fsp3) is 0.136. The normalized spacial score (nSPS) is 11.2. The number of sulfonamides is 1. The zero-order valence-corrected chi connectivity index (χ0v) is 18.3. The highest BCUT2D eigenvalue weighted by atomic mass is 35.5. The number of carbonyl (C=O) groups excluding carboxylic acids is 1. The molecule has 0 atom stereocenters. The summed E-state index contributed by atoms with van der Waals surface area (Å²) < 4.78 is 61.4. The van der Waals surface area contributed by atoms with E-state index in [1.807, 2.05) is 4.72 Å². The maximum atomic E-state index is 14.4. The zero-order chi connectivity index (χ0) is 23.6. The Bertz CT molecular complexity index is 1280. The van der Waals surface area contributed by atoms with E-state index in [1.54, 1.807) is 13.8 Å². The Kier molecular flexibility index (Phi) is 6.57. The second kappa shape index (κ2) is 9.02. The summed E-state index contributed by atoms with van der Waals surface area (Å²) in [6.07, 6.45) is -0.493. The number of hydrogen-bond donors (Lipinski definition) is 2. The Morgan fingerprint density at radius 1 is 1.16 bits per heavy atom. The highest BCUT2D eigenvalue weighted by molar-refractivity contribution is 7.92. The molecule has 0 unspecified atom stereocenters. The number of carbonyl (C=O) groups is 1. The molecule has 0 heterocycles. The molecule has 0 radical (unpaired) electrons. The molecule has 6 nitrogen and oxygen atoms in total. The van der Waals surface area contributed by atoms with Crippen molar-refractivity contribution in [2.75, 3.05) is 4.72 Å². The summed E-state index contributed by atoms with van der Waals surface area (Å²) >= 11 is 5.89. The monoisotopic (exact) mass is 479 g/mol. The summed E-state index contributed by atoms with van der Waals surface area (Å²) in [4.78, 5) is 11.4. The molecular weight excluding hydrogens is 464 g/mol. The van der Waals surface area contributed by atoms with Gasteiger partial charge in [-0.2, -0.15) is 0 Å². The summed E-state index contributed by atoms with van der Waals surface area (Å²) in [5.41, 5.74) is -0.602. The first-order valence-corrected chi connectivity index (χ1v) is 11.0. The van der Waals surface area contributed by atoms with Crippen molar-refractivity contribution in [2.45, 2.75) is 24.8 Å². The number of nitrogens with one attached hydrogen (secondary N) is 1. The van der Waals surface area contributed by atoms with E-state index >= 15 is 0 Å². The largest absolute Gasteiger partial charge is 0.505 e. The van der Waals surface area contributed by atoms with Crippen LogP contribution in [0.1, 0.15) is 24.2 Å². The van der Waals surface area contributed by atoms with Gasteiger partial charge in [0.25, 0.3) is 10.0 Å². The molecule has 0 spiro atoms. The first-order valence-electron chi connectivity index (χ1n) is 9.13. The van der Waals surface area contributed by atoms with Crippen molar-refractivity contribution in [2.24, 2.45) is 0 Å². The van der Waals surface area contributed by atoms with E-state index in [4.69, 9.17) is 16.3 Å². The summed E-state index contributed by atoms with van der Waals surface area (Å²) in [6.45, 7) is 3.19. The molecular formula is C22H16ClF2NO5S. The van der Waals surface area contributed by atoms with Gasteiger partial charge in [-0.15, -0.1) is 0 Å². The lowest BCUT2D eigenvalue weighted by molar-refractivity contribution is 0.0377. The average molecular weight is 480 g/mol. The van der Waals surface area contributed by atoms with Crippen LogP contribution in [0.25, 0.3) is 11.1 Å². The van der Waals surface area contributed by atoms with E-state index in [9.17, 15) is 27.1 Å². The predicted molar refractivity (Wildman–Crippen MR) is 114 cm³/mol. The minimum absolute atomic E-state index is 0.0918. The number of rotatable bonds is 6. The van der Waals surface area contributed by atoms with E-state index in [-0.39, 0.29) is 11.1 Å². The lowest BCUT2D eigenvalue weighted by Crippen LogP contribution is -2.17. The van der Waals surface area contributed by atoms with Gasteiger partial charge in [0.1, 0.15) is 16.5 Å². The van der Waals surface area contributed by atoms with Crippen LogP contribution in [0.4, 0.5) is 14.5 Å². The van der Waals surface area contributed by atoms with Gasteiger partial charge in [0.05, 0.1) is 22.4 Å². The summed E-state index contributed by atoms with van der Waals surface area (Å²) in [5.74, 6) is -3.83. The van der Waals surface area contributed by atoms with Gasteiger partial charge in [-0.3, -0.25) is 4.72 Å². The number of esters is 1. The van der Waals surface area contributed by atoms with Crippen LogP contribution in [0.2, 0.25) is 5.02 Å². The predicted octanol–water partition coefficient (Wildman–Crippen LogP) is 4.96. The zero-order valence-electron chi connectivity index (χ0n) is 16.7. The lowest BCUT2D eigenvalue weighted by Gasteiger charge is -2.14. The molecule has 3 aromatic carbocycles. The van der Waals surface area contributed by atoms with Crippen LogP contribution < -0.4 is 4.72 Å². The Hall–Kier alpha value is -3.35. The van der Waals surface area contributed by atoms with Crippen molar-refractivity contribution in [1.82, 2.24) is 0 Å². The fourth-order valence-electron chi connectivity index (χ4n) is 2.74. The molecule has 0 bridgehead atoms. The third-order valence-electron chi connectivity index (χ3n) is 4.17. The Labute approximate surface area is 188 Å². The van der Waals surface area contributed by atoms with Gasteiger partial charge >= 0.3 is 5.97 Å². The van der Waals surface area contributed by atoms with Crippen molar-refractivity contribution in [3.63, 3.8) is 0 Å². The van der Waals surface area contributed by atoms with Crippen LogP contribution in [-0.2, 0) is 14.8 Å². The first kappa shape index (κ1) is 23.3. The summed E-state index contributed by atoms with van der Waals surface area (Å²) in [6, 6.07) is 13.0. The molecule has 0 aliphatic heterocycles. The van der Waals surface area contributed by atoms with Gasteiger partial charge in [0.15, 0.2) is 5.75 Å². The number of ether oxygens (including phenoxy) is 1. The van der Waals surface area contributed by atoms with Crippen LogP contribution in [0, 0.1) is 23.8 Å². The Morgan fingerprint density at radius 2 is 1.88 bits per heavy atom. The van der Waals surface area contributed by atoms with Crippen LogP contribution in [0.15, 0.2) is 47.4 Å². The van der Waals surface area contributed by atoms with Gasteiger partial charge in [0, 0.05) is 11.6 Å². The third kappa shape index (κ3) is 4.93. The van der Waals surface area contributed by atoms with Gasteiger partial charge in [-0.1, -0.05) is 23.7 Å². The van der Waals surface area contributed by atoms with Gasteiger partial charge < -0.3 is 9.84 Å². The van der Waals surface area contributed by atoms with Crippen LogP contribution >= 0.6 is 11.6 Å². The molecule has 3 aromatic rings. The molecule has 0 saturated carbocycles. The maximum absolute atomic E-state index is 14.4. The maximum Gasteiger partial charge on any atom is 0.338 e. The first-order chi connectivity index (χ1) is 15.0.